The van der Waals surface area contributed by atoms with Crippen LogP contribution in [0.3, 0.4) is 0 Å². The molecule has 9 heteroatoms. The third kappa shape index (κ3) is 3.41. The van der Waals surface area contributed by atoms with Gasteiger partial charge in [-0.25, -0.2) is 0 Å². The largest absolute Gasteiger partial charge is 0.497 e. The molecule has 0 bridgehead atoms. The van der Waals surface area contributed by atoms with E-state index in [0.717, 1.165) is 5.56 Å². The van der Waals surface area contributed by atoms with Gasteiger partial charge >= 0.3 is 6.18 Å². The van der Waals surface area contributed by atoms with E-state index in [0.29, 0.717) is 23.5 Å². The Bertz CT molecular complexity index is 1060. The lowest BCUT2D eigenvalue weighted by Gasteiger charge is -2.33. The summed E-state index contributed by atoms with van der Waals surface area (Å²) in [5.74, 6) is -0.710. The topological polar surface area (TPSA) is 84.2 Å². The molecule has 3 N–H and O–H groups in total. The molecule has 1 unspecified atom stereocenters. The molecular formula is C21H19F3N4O2. The van der Waals surface area contributed by atoms with E-state index >= 15 is 0 Å². The third-order valence-electron chi connectivity index (χ3n) is 5.25. The van der Waals surface area contributed by atoms with E-state index in [1.165, 1.54) is 12.0 Å². The Labute approximate surface area is 170 Å². The number of nitrogens with two attached hydrogens (primary N) is 1. The lowest BCUT2D eigenvalue weighted by Crippen LogP contribution is -2.41. The van der Waals surface area contributed by atoms with Gasteiger partial charge in [0, 0.05) is 30.3 Å². The van der Waals surface area contributed by atoms with Gasteiger partial charge in [-0.3, -0.25) is 9.89 Å². The fraction of sp³-hybridized carbons (Fsp3) is 0.238. The maximum atomic E-state index is 13.6. The van der Waals surface area contributed by atoms with E-state index < -0.39 is 23.7 Å². The summed E-state index contributed by atoms with van der Waals surface area (Å²) in [5, 5.41) is 5.78. The van der Waals surface area contributed by atoms with Gasteiger partial charge in [0.2, 0.25) is 0 Å². The maximum Gasteiger partial charge on any atom is 0.433 e. The van der Waals surface area contributed by atoms with Crippen LogP contribution in [-0.4, -0.2) is 29.8 Å². The second-order valence-electron chi connectivity index (χ2n) is 6.97. The van der Waals surface area contributed by atoms with Crippen LogP contribution >= 0.6 is 0 Å². The zero-order valence-corrected chi connectivity index (χ0v) is 16.0. The molecule has 2 aromatic carbocycles. The highest BCUT2D eigenvalue weighted by Crippen LogP contribution is 2.42. The minimum Gasteiger partial charge on any atom is -0.497 e. The van der Waals surface area contributed by atoms with Crippen LogP contribution in [-0.2, 0) is 12.7 Å². The average Bonchev–Trinajstić information content (AvgIpc) is 3.21. The van der Waals surface area contributed by atoms with Gasteiger partial charge in [-0.1, -0.05) is 24.3 Å². The molecule has 1 aliphatic heterocycles. The van der Waals surface area contributed by atoms with Crippen molar-refractivity contribution in [1.29, 1.82) is 0 Å². The molecule has 0 spiro atoms. The lowest BCUT2D eigenvalue weighted by molar-refractivity contribution is -0.141. The number of amides is 1. The number of methoxy groups -OCH3 is 1. The smallest absolute Gasteiger partial charge is 0.433 e. The van der Waals surface area contributed by atoms with Crippen molar-refractivity contribution in [1.82, 2.24) is 10.2 Å². The number of nitrogens with one attached hydrogen (secondary N) is 1. The van der Waals surface area contributed by atoms with Crippen molar-refractivity contribution in [2.24, 2.45) is 5.73 Å². The van der Waals surface area contributed by atoms with Crippen LogP contribution in [0.15, 0.2) is 48.5 Å². The Morgan fingerprint density at radius 1 is 1.17 bits per heavy atom. The zero-order chi connectivity index (χ0) is 21.5. The minimum atomic E-state index is -4.66. The summed E-state index contributed by atoms with van der Waals surface area (Å²) in [4.78, 5) is 14.5. The minimum absolute atomic E-state index is 0.0444. The molecule has 0 aliphatic carbocycles. The molecule has 1 aliphatic rings. The highest BCUT2D eigenvalue weighted by molar-refractivity contribution is 6.07. The standard InChI is InChI=1S/C21H19F3N4O2/c1-30-15-8-4-13(5-9-15)16-11-28(14-6-2-12(10-25)3-7-14)20(29)18-17(16)19(27-26-18)21(22,23)24/h2-9,16H,10-11,25H2,1H3,(H,26,27). The first-order valence-corrected chi connectivity index (χ1v) is 9.23. The van der Waals surface area contributed by atoms with Crippen LogP contribution in [0.25, 0.3) is 0 Å². The number of halogens is 3. The second kappa shape index (κ2) is 7.49. The first-order valence-electron chi connectivity index (χ1n) is 9.23. The van der Waals surface area contributed by atoms with Crippen molar-refractivity contribution < 1.29 is 22.7 Å². The average molecular weight is 416 g/mol. The van der Waals surface area contributed by atoms with Gasteiger partial charge in [0.25, 0.3) is 5.91 Å². The predicted octanol–water partition coefficient (Wildman–Crippen LogP) is 3.69. The number of aromatic amines is 1. The van der Waals surface area contributed by atoms with E-state index in [1.807, 2.05) is 5.10 Å². The number of H-pyrrole nitrogens is 1. The van der Waals surface area contributed by atoms with E-state index in [1.54, 1.807) is 48.5 Å². The van der Waals surface area contributed by atoms with E-state index in [4.69, 9.17) is 10.5 Å². The first-order chi connectivity index (χ1) is 14.3. The van der Waals surface area contributed by atoms with Gasteiger partial charge in [0.15, 0.2) is 5.69 Å². The Hall–Kier alpha value is -3.33. The Kier molecular flexibility index (Phi) is 4.98. The number of hydrogen-bond acceptors (Lipinski definition) is 4. The molecule has 0 saturated carbocycles. The van der Waals surface area contributed by atoms with Crippen molar-refractivity contribution in [3.8, 4) is 5.75 Å². The lowest BCUT2D eigenvalue weighted by atomic mass is 9.85. The SMILES string of the molecule is COc1ccc(C2CN(c3ccc(CN)cc3)C(=O)c3n[nH]c(C(F)(F)F)c32)cc1. The monoisotopic (exact) mass is 416 g/mol. The van der Waals surface area contributed by atoms with Crippen molar-refractivity contribution in [3.05, 3.63) is 76.6 Å². The number of rotatable bonds is 4. The number of aromatic nitrogens is 2. The van der Waals surface area contributed by atoms with Crippen molar-refractivity contribution in [3.63, 3.8) is 0 Å². The van der Waals surface area contributed by atoms with Gasteiger partial charge in [0.05, 0.1) is 7.11 Å². The van der Waals surface area contributed by atoms with Gasteiger partial charge in [-0.15, -0.1) is 0 Å². The summed E-state index contributed by atoms with van der Waals surface area (Å²) in [6.07, 6.45) is -4.66. The molecule has 30 heavy (non-hydrogen) atoms. The second-order valence-corrected chi connectivity index (χ2v) is 6.97. The molecule has 4 rings (SSSR count). The van der Waals surface area contributed by atoms with Crippen molar-refractivity contribution in [2.75, 3.05) is 18.6 Å². The van der Waals surface area contributed by atoms with Crippen LogP contribution in [0.5, 0.6) is 5.75 Å². The van der Waals surface area contributed by atoms with Gasteiger partial charge < -0.3 is 15.4 Å². The van der Waals surface area contributed by atoms with Gasteiger partial charge in [0.1, 0.15) is 11.4 Å². The zero-order valence-electron chi connectivity index (χ0n) is 16.0. The summed E-state index contributed by atoms with van der Waals surface area (Å²) in [6.45, 7) is 0.393. The molecule has 1 atom stereocenters. The molecule has 0 fully saturated rings. The van der Waals surface area contributed by atoms with Crippen molar-refractivity contribution >= 4 is 11.6 Å². The molecule has 0 radical (unpaired) electrons. The van der Waals surface area contributed by atoms with E-state index in [2.05, 4.69) is 5.10 Å². The highest BCUT2D eigenvalue weighted by Gasteiger charge is 2.45. The van der Waals surface area contributed by atoms with Crippen molar-refractivity contribution in [2.45, 2.75) is 18.6 Å². The summed E-state index contributed by atoms with van der Waals surface area (Å²) in [6, 6.07) is 13.8. The number of hydrogen-bond donors (Lipinski definition) is 2. The Morgan fingerprint density at radius 2 is 1.83 bits per heavy atom. The molecule has 0 saturated heterocycles. The van der Waals surface area contributed by atoms with Gasteiger partial charge in [-0.05, 0) is 35.4 Å². The molecule has 1 amide bonds. The fourth-order valence-corrected chi connectivity index (χ4v) is 3.70. The van der Waals surface area contributed by atoms with Crippen LogP contribution < -0.4 is 15.4 Å². The summed E-state index contributed by atoms with van der Waals surface area (Å²) >= 11 is 0. The number of ether oxygens (including phenoxy) is 1. The highest BCUT2D eigenvalue weighted by atomic mass is 19.4. The number of anilines is 1. The Morgan fingerprint density at radius 3 is 2.40 bits per heavy atom. The summed E-state index contributed by atoms with van der Waals surface area (Å²) in [5.41, 5.74) is 6.35. The van der Waals surface area contributed by atoms with E-state index in [9.17, 15) is 18.0 Å². The van der Waals surface area contributed by atoms with E-state index in [-0.39, 0.29) is 17.8 Å². The van der Waals surface area contributed by atoms with Gasteiger partial charge in [-0.2, -0.15) is 18.3 Å². The quantitative estimate of drug-likeness (QED) is 0.680. The number of carbonyl (C=O) groups is 1. The number of alkyl halides is 3. The molecule has 1 aromatic heterocycles. The number of carbonyl (C=O) groups excluding carboxylic acids is 1. The van der Waals surface area contributed by atoms with Crippen LogP contribution in [0.4, 0.5) is 18.9 Å². The van der Waals surface area contributed by atoms with Crippen LogP contribution in [0.2, 0.25) is 0 Å². The number of nitrogens with zero attached hydrogens (tertiary/aromatic N) is 2. The normalized spacial score (nSPS) is 16.5. The summed E-state index contributed by atoms with van der Waals surface area (Å²) in [7, 11) is 1.51. The number of fused-ring (bicyclic) bond motifs is 1. The predicted molar refractivity (Wildman–Crippen MR) is 104 cm³/mol. The molecule has 3 aromatic rings. The molecular weight excluding hydrogens is 397 g/mol. The molecule has 6 nitrogen and oxygen atoms in total. The Balaban J connectivity index is 1.83. The summed E-state index contributed by atoms with van der Waals surface area (Å²) < 4.78 is 46.0. The van der Waals surface area contributed by atoms with Crippen LogP contribution in [0.1, 0.15) is 38.8 Å². The molecule has 2 heterocycles. The third-order valence-corrected chi connectivity index (χ3v) is 5.25. The fourth-order valence-electron chi connectivity index (χ4n) is 3.70. The molecule has 156 valence electrons. The number of benzene rings is 2. The maximum absolute atomic E-state index is 13.6. The first kappa shape index (κ1) is 20.0. The van der Waals surface area contributed by atoms with Crippen LogP contribution in [0, 0.1) is 0 Å².